The number of fused-ring (bicyclic) bond motifs is 1. The highest BCUT2D eigenvalue weighted by atomic mass is 32.2. The van der Waals surface area contributed by atoms with Crippen molar-refractivity contribution in [3.05, 3.63) is 82.7 Å². The number of carbonyl (C=O) groups excluding carboxylic acids is 1. The first kappa shape index (κ1) is 34.8. The molecule has 1 aliphatic rings. The van der Waals surface area contributed by atoms with Crippen LogP contribution in [0.5, 0.6) is 11.5 Å². The van der Waals surface area contributed by atoms with Crippen molar-refractivity contribution < 1.29 is 27.1 Å². The number of rotatable bonds is 13. The number of nitrogens with zero attached hydrogens (tertiary/aromatic N) is 1. The maximum Gasteiger partial charge on any atom is 0.237 e. The van der Waals surface area contributed by atoms with E-state index in [0.29, 0.717) is 12.5 Å². The molecule has 10 heteroatoms. The summed E-state index contributed by atoms with van der Waals surface area (Å²) < 4.78 is 46.3. The number of hydrogen-bond acceptors (Lipinski definition) is 6. The van der Waals surface area contributed by atoms with Gasteiger partial charge in [0.05, 0.1) is 33.0 Å². The first-order valence-electron chi connectivity index (χ1n) is 15.6. The predicted octanol–water partition coefficient (Wildman–Crippen LogP) is 6.62. The van der Waals surface area contributed by atoms with Crippen LogP contribution in [0.25, 0.3) is 0 Å². The molecule has 0 fully saturated rings. The van der Waals surface area contributed by atoms with E-state index in [9.17, 15) is 13.2 Å². The Hall–Kier alpha value is -3.08. The van der Waals surface area contributed by atoms with E-state index in [1.165, 1.54) is 11.1 Å². The highest BCUT2D eigenvalue weighted by Crippen LogP contribution is 2.46. The molecular formula is C35H50N2O6SSi. The maximum absolute atomic E-state index is 12.4. The fraction of sp³-hybridized carbons (Fsp3) is 0.514. The van der Waals surface area contributed by atoms with Gasteiger partial charge in [-0.1, -0.05) is 45.0 Å². The molecule has 2 atom stereocenters. The molecule has 1 N–H and O–H groups in total. The average Bonchev–Trinajstić information content (AvgIpc) is 3.55. The molecule has 0 saturated heterocycles. The molecule has 8 nitrogen and oxygen atoms in total. The van der Waals surface area contributed by atoms with Crippen molar-refractivity contribution in [2.45, 2.75) is 84.2 Å². The van der Waals surface area contributed by atoms with Gasteiger partial charge in [-0.15, -0.1) is 0 Å². The second-order valence-electron chi connectivity index (χ2n) is 14.1. The number of methoxy groups -OCH3 is 2. The summed E-state index contributed by atoms with van der Waals surface area (Å²) in [4.78, 5) is 12.4. The van der Waals surface area contributed by atoms with Crippen molar-refractivity contribution in [3.8, 4) is 11.5 Å². The number of amides is 1. The van der Waals surface area contributed by atoms with Crippen LogP contribution < -0.4 is 14.2 Å². The SMILES string of the molecule is COc1cc([C@@H](O[Si](C)(C)C(C)(C)C)[C@H](CC2Cc3ccccc3C2)Cn2ccc(CC(=O)NS(C)(=O)=O)c2)cc(OC)c1C. The van der Waals surface area contributed by atoms with E-state index in [0.717, 1.165) is 53.7 Å². The van der Waals surface area contributed by atoms with Crippen molar-refractivity contribution in [2.75, 3.05) is 20.5 Å². The molecule has 1 aliphatic carbocycles. The Labute approximate surface area is 270 Å². The Balaban J connectivity index is 1.75. The molecule has 0 aliphatic heterocycles. The van der Waals surface area contributed by atoms with Crippen LogP contribution >= 0.6 is 0 Å². The summed E-state index contributed by atoms with van der Waals surface area (Å²) in [5.74, 6) is 1.53. The summed E-state index contributed by atoms with van der Waals surface area (Å²) in [6.07, 6.45) is 7.65. The largest absolute Gasteiger partial charge is 0.496 e. The van der Waals surface area contributed by atoms with Crippen molar-refractivity contribution in [1.82, 2.24) is 9.29 Å². The zero-order chi connectivity index (χ0) is 33.2. The van der Waals surface area contributed by atoms with Crippen LogP contribution in [-0.2, 0) is 45.1 Å². The molecule has 2 aromatic carbocycles. The van der Waals surface area contributed by atoms with Gasteiger partial charge in [-0.05, 0) is 90.7 Å². The standard InChI is InChI=1S/C35H50N2O6SSi/c1-24-31(41-5)20-29(21-32(24)42-6)34(43-45(8,9)35(2,3)4)30(18-26-16-27-12-10-11-13-28(27)17-26)23-37-15-14-25(22-37)19-33(38)36-44(7,39)40/h10-15,20-22,26,30,34H,16-19,23H2,1-9H3,(H,36,38)/t30-,34-/m1/s1. The number of ether oxygens (including phenoxy) is 2. The van der Waals surface area contributed by atoms with Gasteiger partial charge in [0.1, 0.15) is 11.5 Å². The molecule has 1 aromatic heterocycles. The topological polar surface area (TPSA) is 95.9 Å². The molecule has 0 unspecified atom stereocenters. The fourth-order valence-electron chi connectivity index (χ4n) is 6.15. The molecule has 4 rings (SSSR count). The van der Waals surface area contributed by atoms with Gasteiger partial charge in [0.15, 0.2) is 8.32 Å². The summed E-state index contributed by atoms with van der Waals surface area (Å²) in [6.45, 7) is 14.0. The molecule has 3 aromatic rings. The van der Waals surface area contributed by atoms with E-state index in [1.54, 1.807) is 14.2 Å². The molecule has 45 heavy (non-hydrogen) atoms. The van der Waals surface area contributed by atoms with Gasteiger partial charge >= 0.3 is 0 Å². The molecule has 1 heterocycles. The zero-order valence-electron chi connectivity index (χ0n) is 28.3. The Morgan fingerprint density at radius 2 is 1.62 bits per heavy atom. The summed E-state index contributed by atoms with van der Waals surface area (Å²) in [7, 11) is -2.51. The summed E-state index contributed by atoms with van der Waals surface area (Å²) in [5, 5.41) is -0.00808. The van der Waals surface area contributed by atoms with E-state index in [4.69, 9.17) is 13.9 Å². The Morgan fingerprint density at radius 1 is 1.04 bits per heavy atom. The summed E-state index contributed by atoms with van der Waals surface area (Å²) >= 11 is 0. The lowest BCUT2D eigenvalue weighted by Gasteiger charge is -2.42. The van der Waals surface area contributed by atoms with Crippen molar-refractivity contribution in [1.29, 1.82) is 0 Å². The molecule has 246 valence electrons. The van der Waals surface area contributed by atoms with Crippen LogP contribution in [-0.4, -0.2) is 47.7 Å². The number of hydrogen-bond donors (Lipinski definition) is 1. The lowest BCUT2D eigenvalue weighted by Crippen LogP contribution is -2.43. The first-order valence-corrected chi connectivity index (χ1v) is 20.4. The molecular weight excluding hydrogens is 605 g/mol. The zero-order valence-corrected chi connectivity index (χ0v) is 30.1. The minimum atomic E-state index is -3.62. The summed E-state index contributed by atoms with van der Waals surface area (Å²) in [5.41, 5.74) is 5.56. The summed E-state index contributed by atoms with van der Waals surface area (Å²) in [6, 6.07) is 14.8. The number of sulfonamides is 1. The van der Waals surface area contributed by atoms with Crippen molar-refractivity contribution >= 4 is 24.2 Å². The van der Waals surface area contributed by atoms with Crippen molar-refractivity contribution in [3.63, 3.8) is 0 Å². The lowest BCUT2D eigenvalue weighted by molar-refractivity contribution is -0.118. The van der Waals surface area contributed by atoms with E-state index in [2.05, 4.69) is 79.6 Å². The first-order chi connectivity index (χ1) is 21.0. The van der Waals surface area contributed by atoms with Crippen LogP contribution in [0.2, 0.25) is 18.1 Å². The predicted molar refractivity (Wildman–Crippen MR) is 182 cm³/mol. The van der Waals surface area contributed by atoms with Crippen LogP contribution in [0.1, 0.15) is 61.1 Å². The third-order valence-corrected chi connectivity index (χ3v) is 14.5. The van der Waals surface area contributed by atoms with E-state index in [1.807, 2.05) is 25.4 Å². The Bertz CT molecular complexity index is 1560. The third kappa shape index (κ3) is 8.80. The van der Waals surface area contributed by atoms with Crippen LogP contribution in [0.4, 0.5) is 0 Å². The molecule has 0 spiro atoms. The van der Waals surface area contributed by atoms with Gasteiger partial charge in [-0.3, -0.25) is 9.52 Å². The van der Waals surface area contributed by atoms with Gasteiger partial charge in [0, 0.05) is 30.4 Å². The maximum atomic E-state index is 12.4. The quantitative estimate of drug-likeness (QED) is 0.208. The normalized spacial score (nSPS) is 15.4. The fourth-order valence-corrected chi connectivity index (χ4v) is 7.95. The molecule has 0 radical (unpaired) electrons. The van der Waals surface area contributed by atoms with E-state index < -0.39 is 24.2 Å². The minimum Gasteiger partial charge on any atom is -0.496 e. The number of carbonyl (C=O) groups is 1. The van der Waals surface area contributed by atoms with E-state index in [-0.39, 0.29) is 23.5 Å². The van der Waals surface area contributed by atoms with Gasteiger partial charge < -0.3 is 18.5 Å². The number of nitrogens with one attached hydrogen (secondary N) is 1. The van der Waals surface area contributed by atoms with Crippen LogP contribution in [0.3, 0.4) is 0 Å². The number of aromatic nitrogens is 1. The number of benzene rings is 2. The molecule has 1 amide bonds. The average molecular weight is 655 g/mol. The molecule has 0 saturated carbocycles. The smallest absolute Gasteiger partial charge is 0.237 e. The highest BCUT2D eigenvalue weighted by Gasteiger charge is 2.42. The lowest BCUT2D eigenvalue weighted by atomic mass is 9.85. The Morgan fingerprint density at radius 3 is 2.13 bits per heavy atom. The van der Waals surface area contributed by atoms with Crippen molar-refractivity contribution in [2.24, 2.45) is 11.8 Å². The molecule has 0 bridgehead atoms. The monoisotopic (exact) mass is 654 g/mol. The van der Waals surface area contributed by atoms with Gasteiger partial charge in [0.2, 0.25) is 15.9 Å². The second kappa shape index (κ2) is 13.7. The third-order valence-electron chi connectivity index (χ3n) is 9.45. The van der Waals surface area contributed by atoms with Gasteiger partial charge in [0.25, 0.3) is 0 Å². The minimum absolute atomic E-state index is 0.00808. The highest BCUT2D eigenvalue weighted by molar-refractivity contribution is 7.89. The van der Waals surface area contributed by atoms with Gasteiger partial charge in [-0.25, -0.2) is 8.42 Å². The Kier molecular flexibility index (Phi) is 10.6. The second-order valence-corrected chi connectivity index (χ2v) is 20.6. The van der Waals surface area contributed by atoms with Crippen LogP contribution in [0.15, 0.2) is 54.9 Å². The van der Waals surface area contributed by atoms with Crippen LogP contribution in [0, 0.1) is 18.8 Å². The van der Waals surface area contributed by atoms with Gasteiger partial charge in [-0.2, -0.15) is 0 Å². The van der Waals surface area contributed by atoms with E-state index >= 15 is 0 Å².